The summed E-state index contributed by atoms with van der Waals surface area (Å²) in [6.07, 6.45) is 3.36. The summed E-state index contributed by atoms with van der Waals surface area (Å²) < 4.78 is 0. The van der Waals surface area contributed by atoms with Crippen LogP contribution in [0.4, 0.5) is 0 Å². The number of piperidine rings is 1. The molecule has 4 heteroatoms. The molecule has 0 saturated carbocycles. The zero-order valence-electron chi connectivity index (χ0n) is 12.4. The third-order valence-corrected chi connectivity index (χ3v) is 4.00. The fourth-order valence-electron chi connectivity index (χ4n) is 2.55. The molecule has 1 rings (SSSR count). The molecular weight excluding hydrogens is 226 g/mol. The maximum atomic E-state index is 12.2. The van der Waals surface area contributed by atoms with Gasteiger partial charge >= 0.3 is 0 Å². The topological polar surface area (TPSA) is 49.6 Å². The molecule has 0 aromatic rings. The molecule has 18 heavy (non-hydrogen) atoms. The van der Waals surface area contributed by atoms with E-state index in [4.69, 9.17) is 5.73 Å². The number of likely N-dealkylation sites (N-methyl/N-ethyl adjacent to an activating group) is 1. The molecule has 0 aliphatic carbocycles. The fraction of sp³-hybridized carbons (Fsp3) is 0.929. The predicted octanol–water partition coefficient (Wildman–Crippen LogP) is 1.30. The number of amides is 1. The lowest BCUT2D eigenvalue weighted by Gasteiger charge is -2.38. The Morgan fingerprint density at radius 3 is 2.39 bits per heavy atom. The van der Waals surface area contributed by atoms with Crippen LogP contribution >= 0.6 is 0 Å². The van der Waals surface area contributed by atoms with Crippen molar-refractivity contribution in [3.63, 3.8) is 0 Å². The first-order valence-electron chi connectivity index (χ1n) is 7.22. The first-order valence-corrected chi connectivity index (χ1v) is 7.22. The van der Waals surface area contributed by atoms with Gasteiger partial charge in [0.2, 0.25) is 5.91 Å². The largest absolute Gasteiger partial charge is 0.341 e. The molecule has 1 fully saturated rings. The van der Waals surface area contributed by atoms with Crippen molar-refractivity contribution in [2.75, 3.05) is 26.7 Å². The van der Waals surface area contributed by atoms with Crippen LogP contribution in [0.3, 0.4) is 0 Å². The van der Waals surface area contributed by atoms with Crippen molar-refractivity contribution in [1.82, 2.24) is 9.80 Å². The molecule has 1 heterocycles. The predicted molar refractivity (Wildman–Crippen MR) is 75.3 cm³/mol. The van der Waals surface area contributed by atoms with E-state index >= 15 is 0 Å². The Morgan fingerprint density at radius 1 is 1.39 bits per heavy atom. The molecule has 0 aromatic heterocycles. The van der Waals surface area contributed by atoms with Gasteiger partial charge in [0, 0.05) is 26.2 Å². The second-order valence-corrected chi connectivity index (χ2v) is 5.79. The van der Waals surface area contributed by atoms with Crippen molar-refractivity contribution in [3.05, 3.63) is 0 Å². The molecule has 1 atom stereocenters. The average Bonchev–Trinajstić information content (AvgIpc) is 2.37. The molecule has 1 amide bonds. The number of likely N-dealkylation sites (tertiary alicyclic amines) is 1. The standard InChI is InChI=1S/C14H29N3O/c1-5-8-17-9-6-12(7-10-17)16(4)14(18)13(15)11(2)3/h11-13H,5-10,15H2,1-4H3. The summed E-state index contributed by atoms with van der Waals surface area (Å²) in [6.45, 7) is 9.60. The van der Waals surface area contributed by atoms with Gasteiger partial charge in [0.1, 0.15) is 0 Å². The number of rotatable bonds is 5. The number of hydrogen-bond acceptors (Lipinski definition) is 3. The fourth-order valence-corrected chi connectivity index (χ4v) is 2.55. The first kappa shape index (κ1) is 15.4. The first-order chi connectivity index (χ1) is 8.47. The molecule has 106 valence electrons. The molecule has 1 unspecified atom stereocenters. The van der Waals surface area contributed by atoms with Crippen molar-refractivity contribution in [2.45, 2.75) is 52.1 Å². The third kappa shape index (κ3) is 3.95. The Hall–Kier alpha value is -0.610. The van der Waals surface area contributed by atoms with Crippen LogP contribution in [0.5, 0.6) is 0 Å². The van der Waals surface area contributed by atoms with Crippen LogP contribution in [-0.4, -0.2) is 54.5 Å². The molecule has 1 saturated heterocycles. The Labute approximate surface area is 111 Å². The van der Waals surface area contributed by atoms with Crippen LogP contribution in [0.15, 0.2) is 0 Å². The van der Waals surface area contributed by atoms with E-state index in [0.29, 0.717) is 6.04 Å². The summed E-state index contributed by atoms with van der Waals surface area (Å²) in [5.41, 5.74) is 5.94. The van der Waals surface area contributed by atoms with Crippen LogP contribution in [0.2, 0.25) is 0 Å². The van der Waals surface area contributed by atoms with Crippen molar-refractivity contribution in [3.8, 4) is 0 Å². The van der Waals surface area contributed by atoms with Gasteiger partial charge in [0.15, 0.2) is 0 Å². The van der Waals surface area contributed by atoms with Gasteiger partial charge in [-0.05, 0) is 31.7 Å². The summed E-state index contributed by atoms with van der Waals surface area (Å²) in [4.78, 5) is 16.5. The van der Waals surface area contributed by atoms with E-state index in [0.717, 1.165) is 25.9 Å². The second-order valence-electron chi connectivity index (χ2n) is 5.79. The summed E-state index contributed by atoms with van der Waals surface area (Å²) >= 11 is 0. The number of carbonyl (C=O) groups excluding carboxylic acids is 1. The third-order valence-electron chi connectivity index (χ3n) is 4.00. The van der Waals surface area contributed by atoms with Crippen LogP contribution in [-0.2, 0) is 4.79 Å². The van der Waals surface area contributed by atoms with Gasteiger partial charge in [-0.1, -0.05) is 20.8 Å². The molecular formula is C14H29N3O. The summed E-state index contributed by atoms with van der Waals surface area (Å²) in [7, 11) is 1.91. The zero-order chi connectivity index (χ0) is 13.7. The van der Waals surface area contributed by atoms with Crippen molar-refractivity contribution in [2.24, 2.45) is 11.7 Å². The molecule has 4 nitrogen and oxygen atoms in total. The highest BCUT2D eigenvalue weighted by Gasteiger charge is 2.28. The average molecular weight is 255 g/mol. The highest BCUT2D eigenvalue weighted by molar-refractivity contribution is 5.81. The zero-order valence-corrected chi connectivity index (χ0v) is 12.4. The molecule has 0 bridgehead atoms. The minimum atomic E-state index is -0.358. The maximum Gasteiger partial charge on any atom is 0.239 e. The Bertz CT molecular complexity index is 260. The van der Waals surface area contributed by atoms with E-state index in [1.807, 2.05) is 25.8 Å². The number of carbonyl (C=O) groups is 1. The second kappa shape index (κ2) is 7.10. The van der Waals surface area contributed by atoms with Crippen molar-refractivity contribution in [1.29, 1.82) is 0 Å². The SMILES string of the molecule is CCCN1CCC(N(C)C(=O)C(N)C(C)C)CC1. The minimum absolute atomic E-state index is 0.0962. The van der Waals surface area contributed by atoms with Gasteiger partial charge in [-0.3, -0.25) is 4.79 Å². The lowest BCUT2D eigenvalue weighted by molar-refractivity contribution is -0.135. The van der Waals surface area contributed by atoms with Gasteiger partial charge in [-0.15, -0.1) is 0 Å². The Balaban J connectivity index is 2.44. The highest BCUT2D eigenvalue weighted by atomic mass is 16.2. The Kier molecular flexibility index (Phi) is 6.09. The molecule has 0 aromatic carbocycles. The van der Waals surface area contributed by atoms with E-state index < -0.39 is 0 Å². The normalized spacial score (nSPS) is 20.1. The number of nitrogens with two attached hydrogens (primary N) is 1. The van der Waals surface area contributed by atoms with Crippen LogP contribution in [0.1, 0.15) is 40.0 Å². The highest BCUT2D eigenvalue weighted by Crippen LogP contribution is 2.17. The molecule has 2 N–H and O–H groups in total. The van der Waals surface area contributed by atoms with E-state index in [9.17, 15) is 4.79 Å². The van der Waals surface area contributed by atoms with Gasteiger partial charge in [-0.25, -0.2) is 0 Å². The molecule has 0 spiro atoms. The van der Waals surface area contributed by atoms with E-state index in [1.54, 1.807) is 0 Å². The number of hydrogen-bond donors (Lipinski definition) is 1. The monoisotopic (exact) mass is 255 g/mol. The molecule has 1 aliphatic rings. The molecule has 0 radical (unpaired) electrons. The maximum absolute atomic E-state index is 12.2. The quantitative estimate of drug-likeness (QED) is 0.805. The van der Waals surface area contributed by atoms with E-state index in [1.165, 1.54) is 13.0 Å². The Morgan fingerprint density at radius 2 is 1.94 bits per heavy atom. The van der Waals surface area contributed by atoms with Gasteiger partial charge in [-0.2, -0.15) is 0 Å². The van der Waals surface area contributed by atoms with Crippen molar-refractivity contribution >= 4 is 5.91 Å². The minimum Gasteiger partial charge on any atom is -0.341 e. The van der Waals surface area contributed by atoms with Gasteiger partial charge < -0.3 is 15.5 Å². The lowest BCUT2D eigenvalue weighted by atomic mass is 9.99. The lowest BCUT2D eigenvalue weighted by Crippen LogP contribution is -2.51. The molecule has 1 aliphatic heterocycles. The smallest absolute Gasteiger partial charge is 0.239 e. The summed E-state index contributed by atoms with van der Waals surface area (Å²) in [6, 6.07) is 0.0130. The van der Waals surface area contributed by atoms with Crippen LogP contribution in [0.25, 0.3) is 0 Å². The van der Waals surface area contributed by atoms with Crippen LogP contribution < -0.4 is 5.73 Å². The summed E-state index contributed by atoms with van der Waals surface area (Å²) in [5.74, 6) is 0.305. The van der Waals surface area contributed by atoms with Gasteiger partial charge in [0.25, 0.3) is 0 Å². The van der Waals surface area contributed by atoms with Crippen LogP contribution in [0, 0.1) is 5.92 Å². The van der Waals surface area contributed by atoms with Gasteiger partial charge in [0.05, 0.1) is 6.04 Å². The van der Waals surface area contributed by atoms with Crippen molar-refractivity contribution < 1.29 is 4.79 Å². The summed E-state index contributed by atoms with van der Waals surface area (Å²) in [5, 5.41) is 0. The van der Waals surface area contributed by atoms with E-state index in [-0.39, 0.29) is 17.9 Å². The number of nitrogens with zero attached hydrogens (tertiary/aromatic N) is 2. The van der Waals surface area contributed by atoms with E-state index in [2.05, 4.69) is 11.8 Å².